The summed E-state index contributed by atoms with van der Waals surface area (Å²) in [5, 5.41) is 6.46. The Morgan fingerprint density at radius 2 is 1.79 bits per heavy atom. The van der Waals surface area contributed by atoms with Crippen molar-refractivity contribution in [3.8, 4) is 0 Å². The minimum absolute atomic E-state index is 0. The summed E-state index contributed by atoms with van der Waals surface area (Å²) < 4.78 is 1.05. The van der Waals surface area contributed by atoms with Gasteiger partial charge >= 0.3 is 0 Å². The number of halogens is 2. The van der Waals surface area contributed by atoms with Crippen LogP contribution in [-0.4, -0.2) is 43.4 Å². The summed E-state index contributed by atoms with van der Waals surface area (Å²) >= 11 is 3.43. The standard InChI is InChI=1S/C17H27BrN4O.HI/c1-12(2)13(3)21-17(20-11-16(23)22(4)5)19-10-14-6-8-15(18)9-7-14;/h6-9,12-13H,10-11H2,1-5H3,(H2,19,20,21);1H. The van der Waals surface area contributed by atoms with E-state index in [2.05, 4.69) is 52.3 Å². The molecule has 1 aromatic carbocycles. The van der Waals surface area contributed by atoms with E-state index in [0.717, 1.165) is 10.0 Å². The van der Waals surface area contributed by atoms with Gasteiger partial charge in [0, 0.05) is 24.6 Å². The van der Waals surface area contributed by atoms with E-state index >= 15 is 0 Å². The fourth-order valence-electron chi connectivity index (χ4n) is 1.61. The molecule has 0 aliphatic carbocycles. The maximum atomic E-state index is 11.8. The van der Waals surface area contributed by atoms with Gasteiger partial charge in [-0.25, -0.2) is 4.99 Å². The molecule has 1 unspecified atom stereocenters. The fourth-order valence-corrected chi connectivity index (χ4v) is 1.88. The normalized spacial score (nSPS) is 12.4. The molecule has 1 amide bonds. The van der Waals surface area contributed by atoms with Crippen molar-refractivity contribution in [2.24, 2.45) is 10.9 Å². The number of amides is 1. The summed E-state index contributed by atoms with van der Waals surface area (Å²) in [5.41, 5.74) is 1.12. The molecular formula is C17H28BrIN4O. The van der Waals surface area contributed by atoms with E-state index in [1.54, 1.807) is 19.0 Å². The SMILES string of the molecule is CC(C)C(C)NC(=NCc1ccc(Br)cc1)NCC(=O)N(C)C.I. The number of aliphatic imine (C=N–C) groups is 1. The van der Waals surface area contributed by atoms with E-state index in [-0.39, 0.29) is 42.5 Å². The zero-order valence-electron chi connectivity index (χ0n) is 15.0. The first-order chi connectivity index (χ1) is 10.8. The molecular weight excluding hydrogens is 483 g/mol. The minimum Gasteiger partial charge on any atom is -0.354 e. The Bertz CT molecular complexity index is 532. The van der Waals surface area contributed by atoms with Crippen LogP contribution in [0, 0.1) is 5.92 Å². The number of carbonyl (C=O) groups excluding carboxylic acids is 1. The van der Waals surface area contributed by atoms with E-state index in [1.165, 1.54) is 0 Å². The van der Waals surface area contributed by atoms with E-state index in [4.69, 9.17) is 0 Å². The van der Waals surface area contributed by atoms with Crippen LogP contribution in [0.25, 0.3) is 0 Å². The highest BCUT2D eigenvalue weighted by Crippen LogP contribution is 2.11. The first-order valence-electron chi connectivity index (χ1n) is 7.79. The zero-order chi connectivity index (χ0) is 17.4. The molecule has 0 radical (unpaired) electrons. The number of rotatable bonds is 6. The summed E-state index contributed by atoms with van der Waals surface area (Å²) in [6, 6.07) is 8.32. The lowest BCUT2D eigenvalue weighted by molar-refractivity contribution is -0.127. The van der Waals surface area contributed by atoms with E-state index < -0.39 is 0 Å². The largest absolute Gasteiger partial charge is 0.354 e. The summed E-state index contributed by atoms with van der Waals surface area (Å²) in [5.74, 6) is 1.14. The van der Waals surface area contributed by atoms with Crippen LogP contribution in [0.1, 0.15) is 26.3 Å². The average molecular weight is 511 g/mol. The topological polar surface area (TPSA) is 56.7 Å². The number of hydrogen-bond acceptors (Lipinski definition) is 2. The summed E-state index contributed by atoms with van der Waals surface area (Å²) in [6.45, 7) is 7.19. The Labute approximate surface area is 170 Å². The number of guanidine groups is 1. The first-order valence-corrected chi connectivity index (χ1v) is 8.58. The van der Waals surface area contributed by atoms with Crippen molar-refractivity contribution in [1.29, 1.82) is 0 Å². The van der Waals surface area contributed by atoms with Gasteiger partial charge in [0.25, 0.3) is 0 Å². The quantitative estimate of drug-likeness (QED) is 0.351. The van der Waals surface area contributed by atoms with Crippen molar-refractivity contribution in [3.63, 3.8) is 0 Å². The number of benzene rings is 1. The van der Waals surface area contributed by atoms with Gasteiger partial charge in [0.05, 0.1) is 13.1 Å². The highest BCUT2D eigenvalue weighted by molar-refractivity contribution is 14.0. The Hall–Kier alpha value is -0.830. The van der Waals surface area contributed by atoms with Gasteiger partial charge in [0.15, 0.2) is 5.96 Å². The molecule has 0 fully saturated rings. The molecule has 0 saturated carbocycles. The number of likely N-dealkylation sites (N-methyl/N-ethyl adjacent to an activating group) is 1. The number of nitrogens with zero attached hydrogens (tertiary/aromatic N) is 2. The van der Waals surface area contributed by atoms with Crippen LogP contribution in [-0.2, 0) is 11.3 Å². The van der Waals surface area contributed by atoms with Gasteiger partial charge in [-0.15, -0.1) is 24.0 Å². The highest BCUT2D eigenvalue weighted by Gasteiger charge is 2.11. The van der Waals surface area contributed by atoms with Crippen molar-refractivity contribution >= 4 is 51.8 Å². The highest BCUT2D eigenvalue weighted by atomic mass is 127. The van der Waals surface area contributed by atoms with Gasteiger partial charge in [-0.1, -0.05) is 41.9 Å². The van der Waals surface area contributed by atoms with Gasteiger partial charge < -0.3 is 15.5 Å². The lowest BCUT2D eigenvalue weighted by atomic mass is 10.1. The smallest absolute Gasteiger partial charge is 0.241 e. The van der Waals surface area contributed by atoms with Crippen molar-refractivity contribution in [1.82, 2.24) is 15.5 Å². The maximum absolute atomic E-state index is 11.8. The third kappa shape index (κ3) is 8.86. The van der Waals surface area contributed by atoms with Crippen LogP contribution in [0.2, 0.25) is 0 Å². The molecule has 0 bridgehead atoms. The average Bonchev–Trinajstić information content (AvgIpc) is 2.50. The number of carbonyl (C=O) groups is 1. The van der Waals surface area contributed by atoms with E-state index in [0.29, 0.717) is 18.4 Å². The number of hydrogen-bond donors (Lipinski definition) is 2. The number of nitrogens with one attached hydrogen (secondary N) is 2. The van der Waals surface area contributed by atoms with Crippen LogP contribution in [0.3, 0.4) is 0 Å². The van der Waals surface area contributed by atoms with Crippen LogP contribution >= 0.6 is 39.9 Å². The molecule has 5 nitrogen and oxygen atoms in total. The van der Waals surface area contributed by atoms with Gasteiger partial charge in [-0.2, -0.15) is 0 Å². The molecule has 0 aromatic heterocycles. The summed E-state index contributed by atoms with van der Waals surface area (Å²) in [4.78, 5) is 17.9. The second kappa shape index (κ2) is 11.7. The predicted octanol–water partition coefficient (Wildman–Crippen LogP) is 3.24. The second-order valence-corrected chi connectivity index (χ2v) is 7.03. The Kier molecular flexibility index (Phi) is 11.3. The van der Waals surface area contributed by atoms with Crippen molar-refractivity contribution in [2.75, 3.05) is 20.6 Å². The summed E-state index contributed by atoms with van der Waals surface area (Å²) in [7, 11) is 3.49. The molecule has 136 valence electrons. The predicted molar refractivity (Wildman–Crippen MR) is 115 cm³/mol. The Morgan fingerprint density at radius 3 is 2.29 bits per heavy atom. The van der Waals surface area contributed by atoms with Gasteiger partial charge in [-0.3, -0.25) is 4.79 Å². The van der Waals surface area contributed by atoms with Gasteiger partial charge in [-0.05, 0) is 30.5 Å². The molecule has 24 heavy (non-hydrogen) atoms. The Morgan fingerprint density at radius 1 is 1.21 bits per heavy atom. The molecule has 7 heteroatoms. The Balaban J connectivity index is 0.00000529. The third-order valence-corrected chi connectivity index (χ3v) is 4.13. The molecule has 0 saturated heterocycles. The minimum atomic E-state index is 0. The van der Waals surface area contributed by atoms with Gasteiger partial charge in [0.1, 0.15) is 0 Å². The molecule has 1 atom stereocenters. The van der Waals surface area contributed by atoms with Crippen molar-refractivity contribution in [2.45, 2.75) is 33.4 Å². The molecule has 0 spiro atoms. The van der Waals surface area contributed by atoms with Crippen molar-refractivity contribution < 1.29 is 4.79 Å². The van der Waals surface area contributed by atoms with Crippen LogP contribution in [0.5, 0.6) is 0 Å². The molecule has 0 heterocycles. The maximum Gasteiger partial charge on any atom is 0.241 e. The lowest BCUT2D eigenvalue weighted by Gasteiger charge is -2.21. The van der Waals surface area contributed by atoms with E-state index in [1.807, 2.05) is 24.3 Å². The van der Waals surface area contributed by atoms with Crippen LogP contribution < -0.4 is 10.6 Å². The van der Waals surface area contributed by atoms with Crippen LogP contribution in [0.15, 0.2) is 33.7 Å². The van der Waals surface area contributed by atoms with Crippen LogP contribution in [0.4, 0.5) is 0 Å². The molecule has 0 aliphatic rings. The first kappa shape index (κ1) is 23.2. The molecule has 1 rings (SSSR count). The third-order valence-electron chi connectivity index (χ3n) is 3.60. The monoisotopic (exact) mass is 510 g/mol. The lowest BCUT2D eigenvalue weighted by Crippen LogP contribution is -2.47. The second-order valence-electron chi connectivity index (χ2n) is 6.11. The van der Waals surface area contributed by atoms with Gasteiger partial charge in [0.2, 0.25) is 5.91 Å². The summed E-state index contributed by atoms with van der Waals surface area (Å²) in [6.07, 6.45) is 0. The fraction of sp³-hybridized carbons (Fsp3) is 0.529. The molecule has 0 aliphatic heterocycles. The molecule has 1 aromatic rings. The molecule has 2 N–H and O–H groups in total. The van der Waals surface area contributed by atoms with E-state index in [9.17, 15) is 4.79 Å². The zero-order valence-corrected chi connectivity index (χ0v) is 18.9. The van der Waals surface area contributed by atoms with Crippen molar-refractivity contribution in [3.05, 3.63) is 34.3 Å².